The van der Waals surface area contributed by atoms with E-state index in [9.17, 15) is 4.79 Å². The lowest BCUT2D eigenvalue weighted by atomic mass is 10.0. The van der Waals surface area contributed by atoms with Crippen LogP contribution in [0.5, 0.6) is 0 Å². The van der Waals surface area contributed by atoms with Crippen molar-refractivity contribution in [1.82, 2.24) is 24.1 Å². The summed E-state index contributed by atoms with van der Waals surface area (Å²) in [6.45, 7) is 9.14. The highest BCUT2D eigenvalue weighted by molar-refractivity contribution is 6.05. The highest BCUT2D eigenvalue weighted by Crippen LogP contribution is 2.29. The van der Waals surface area contributed by atoms with Gasteiger partial charge in [0, 0.05) is 12.2 Å². The largest absolute Gasteiger partial charge is 0.296 e. The molecule has 174 valence electrons. The molecule has 0 atom stereocenters. The molecular formula is C28H31N5O. The second kappa shape index (κ2) is 9.01. The first-order valence-corrected chi connectivity index (χ1v) is 12.3. The third kappa shape index (κ3) is 3.77. The van der Waals surface area contributed by atoms with Gasteiger partial charge in [-0.25, -0.2) is 15.0 Å². The van der Waals surface area contributed by atoms with E-state index in [1.165, 1.54) is 12.0 Å². The molecule has 2 aromatic carbocycles. The number of unbranched alkanes of at least 4 members (excludes halogenated alkanes) is 3. The van der Waals surface area contributed by atoms with Crippen LogP contribution in [0, 0.1) is 6.92 Å². The normalized spacial score (nSPS) is 11.9. The molecule has 34 heavy (non-hydrogen) atoms. The zero-order valence-corrected chi connectivity index (χ0v) is 20.4. The second-order valence-electron chi connectivity index (χ2n) is 9.34. The fourth-order valence-corrected chi connectivity index (χ4v) is 4.64. The van der Waals surface area contributed by atoms with Crippen molar-refractivity contribution < 1.29 is 0 Å². The Hall–Kier alpha value is -3.54. The Morgan fingerprint density at radius 1 is 0.853 bits per heavy atom. The molecule has 3 heterocycles. The summed E-state index contributed by atoms with van der Waals surface area (Å²) in [5.74, 6) is 1.16. The quantitative estimate of drug-likeness (QED) is 0.271. The molecular weight excluding hydrogens is 422 g/mol. The van der Waals surface area contributed by atoms with Gasteiger partial charge in [0.15, 0.2) is 11.3 Å². The Kier molecular flexibility index (Phi) is 5.90. The predicted octanol–water partition coefficient (Wildman–Crippen LogP) is 6.30. The van der Waals surface area contributed by atoms with Gasteiger partial charge in [-0.15, -0.1) is 0 Å². The summed E-state index contributed by atoms with van der Waals surface area (Å²) in [6.07, 6.45) is 4.41. The third-order valence-electron chi connectivity index (χ3n) is 6.61. The summed E-state index contributed by atoms with van der Waals surface area (Å²) in [6, 6.07) is 16.2. The van der Waals surface area contributed by atoms with Crippen LogP contribution < -0.4 is 5.56 Å². The molecule has 0 aliphatic carbocycles. The first-order valence-electron chi connectivity index (χ1n) is 12.3. The van der Waals surface area contributed by atoms with Gasteiger partial charge >= 0.3 is 0 Å². The molecule has 0 N–H and O–H groups in total. The first-order chi connectivity index (χ1) is 16.5. The van der Waals surface area contributed by atoms with E-state index in [0.717, 1.165) is 41.8 Å². The van der Waals surface area contributed by atoms with Gasteiger partial charge in [-0.05, 0) is 49.1 Å². The summed E-state index contributed by atoms with van der Waals surface area (Å²) in [4.78, 5) is 28.6. The molecule has 0 saturated carbocycles. The van der Waals surface area contributed by atoms with Crippen molar-refractivity contribution in [3.63, 3.8) is 0 Å². The number of benzene rings is 2. The molecule has 0 aliphatic heterocycles. The van der Waals surface area contributed by atoms with Gasteiger partial charge in [-0.3, -0.25) is 13.9 Å². The maximum absolute atomic E-state index is 13.8. The van der Waals surface area contributed by atoms with Crippen molar-refractivity contribution >= 4 is 33.2 Å². The number of rotatable bonds is 7. The fourth-order valence-electron chi connectivity index (χ4n) is 4.64. The second-order valence-corrected chi connectivity index (χ2v) is 9.34. The number of nitrogens with zero attached hydrogens (tertiary/aromatic N) is 5. The highest BCUT2D eigenvalue weighted by Gasteiger charge is 2.22. The number of para-hydroxylation sites is 2. The molecule has 5 aromatic rings. The number of aryl methyl sites for hydroxylation is 1. The predicted molar refractivity (Wildman–Crippen MR) is 139 cm³/mol. The van der Waals surface area contributed by atoms with Gasteiger partial charge in [0.05, 0.1) is 11.0 Å². The third-order valence-corrected chi connectivity index (χ3v) is 6.61. The van der Waals surface area contributed by atoms with E-state index in [4.69, 9.17) is 15.0 Å². The lowest BCUT2D eigenvalue weighted by Crippen LogP contribution is -2.24. The molecule has 0 spiro atoms. The van der Waals surface area contributed by atoms with Gasteiger partial charge < -0.3 is 0 Å². The van der Waals surface area contributed by atoms with Gasteiger partial charge in [0.25, 0.3) is 5.56 Å². The van der Waals surface area contributed by atoms with Crippen LogP contribution in [0.4, 0.5) is 0 Å². The summed E-state index contributed by atoms with van der Waals surface area (Å²) in [5, 5.41) is 0.544. The fraction of sp³-hybridized carbons (Fsp3) is 0.357. The van der Waals surface area contributed by atoms with Gasteiger partial charge in [0.1, 0.15) is 16.7 Å². The number of aromatic nitrogens is 5. The molecule has 0 aliphatic rings. The Bertz CT molecular complexity index is 1540. The monoisotopic (exact) mass is 453 g/mol. The standard InChI is InChI=1S/C28H31N5O/c1-5-6-7-10-17-32-19(4)29-26-24(28(32)34)25-27(31-23-12-9-8-11-22(23)30-25)33(26)21-15-13-20(14-16-21)18(2)3/h8-9,11-16,18H,5-7,10,17H2,1-4H3. The van der Waals surface area contributed by atoms with Crippen LogP contribution in [0.2, 0.25) is 0 Å². The van der Waals surface area contributed by atoms with Crippen LogP contribution >= 0.6 is 0 Å². The van der Waals surface area contributed by atoms with Crippen LogP contribution in [0.3, 0.4) is 0 Å². The van der Waals surface area contributed by atoms with Crippen LogP contribution in [0.1, 0.15) is 63.8 Å². The molecule has 0 unspecified atom stereocenters. The number of hydrogen-bond donors (Lipinski definition) is 0. The summed E-state index contributed by atoms with van der Waals surface area (Å²) < 4.78 is 3.80. The van der Waals surface area contributed by atoms with Crippen molar-refractivity contribution in [3.8, 4) is 5.69 Å². The Labute approximate surface area is 199 Å². The van der Waals surface area contributed by atoms with Crippen molar-refractivity contribution in [2.45, 2.75) is 65.8 Å². The average molecular weight is 454 g/mol. The van der Waals surface area contributed by atoms with Gasteiger partial charge in [-0.1, -0.05) is 64.3 Å². The van der Waals surface area contributed by atoms with Crippen molar-refractivity contribution in [2.75, 3.05) is 0 Å². The van der Waals surface area contributed by atoms with E-state index in [0.29, 0.717) is 34.7 Å². The molecule has 6 nitrogen and oxygen atoms in total. The van der Waals surface area contributed by atoms with E-state index in [-0.39, 0.29) is 5.56 Å². The summed E-state index contributed by atoms with van der Waals surface area (Å²) in [7, 11) is 0. The zero-order valence-electron chi connectivity index (χ0n) is 20.4. The number of fused-ring (bicyclic) bond motifs is 4. The smallest absolute Gasteiger partial charge is 0.265 e. The minimum absolute atomic E-state index is 0.0360. The van der Waals surface area contributed by atoms with Gasteiger partial charge in [-0.2, -0.15) is 0 Å². The highest BCUT2D eigenvalue weighted by atomic mass is 16.1. The topological polar surface area (TPSA) is 65.6 Å². The van der Waals surface area contributed by atoms with Crippen molar-refractivity contribution in [2.24, 2.45) is 0 Å². The Balaban J connectivity index is 1.80. The number of hydrogen-bond acceptors (Lipinski definition) is 4. The van der Waals surface area contributed by atoms with E-state index < -0.39 is 0 Å². The molecule has 6 heteroatoms. The first kappa shape index (κ1) is 22.3. The van der Waals surface area contributed by atoms with E-state index in [2.05, 4.69) is 45.0 Å². The van der Waals surface area contributed by atoms with Crippen LogP contribution in [0.25, 0.3) is 38.9 Å². The van der Waals surface area contributed by atoms with Crippen LogP contribution in [-0.2, 0) is 6.54 Å². The molecule has 3 aromatic heterocycles. The summed E-state index contributed by atoms with van der Waals surface area (Å²) in [5.41, 5.74) is 5.63. The molecule has 0 amide bonds. The van der Waals surface area contributed by atoms with E-state index in [1.54, 1.807) is 4.57 Å². The maximum atomic E-state index is 13.8. The van der Waals surface area contributed by atoms with Crippen LogP contribution in [0.15, 0.2) is 53.3 Å². The molecule has 0 fully saturated rings. The lowest BCUT2D eigenvalue weighted by Gasteiger charge is -2.12. The van der Waals surface area contributed by atoms with Gasteiger partial charge in [0.2, 0.25) is 0 Å². The lowest BCUT2D eigenvalue weighted by molar-refractivity contribution is 0.556. The average Bonchev–Trinajstić information content (AvgIpc) is 3.14. The molecule has 0 bridgehead atoms. The Morgan fingerprint density at radius 3 is 2.24 bits per heavy atom. The minimum Gasteiger partial charge on any atom is -0.296 e. The van der Waals surface area contributed by atoms with Crippen LogP contribution in [-0.4, -0.2) is 24.1 Å². The Morgan fingerprint density at radius 2 is 1.56 bits per heavy atom. The maximum Gasteiger partial charge on any atom is 0.265 e. The molecule has 0 radical (unpaired) electrons. The van der Waals surface area contributed by atoms with Crippen molar-refractivity contribution in [1.29, 1.82) is 0 Å². The van der Waals surface area contributed by atoms with E-state index in [1.807, 2.05) is 35.8 Å². The zero-order chi connectivity index (χ0) is 23.8. The summed E-state index contributed by atoms with van der Waals surface area (Å²) >= 11 is 0. The van der Waals surface area contributed by atoms with Crippen molar-refractivity contribution in [3.05, 3.63) is 70.3 Å². The molecule has 0 saturated heterocycles. The van der Waals surface area contributed by atoms with E-state index >= 15 is 0 Å². The SMILES string of the molecule is CCCCCCn1c(C)nc2c(c1=O)c1nc3ccccc3nc1n2-c1ccc(C(C)C)cc1. The minimum atomic E-state index is -0.0360. The molecule has 5 rings (SSSR count).